The van der Waals surface area contributed by atoms with Gasteiger partial charge in [-0.05, 0) is 56.2 Å². The first-order chi connectivity index (χ1) is 17.5. The smallest absolute Gasteiger partial charge is 0.295 e. The molecule has 1 fully saturated rings. The van der Waals surface area contributed by atoms with E-state index in [1.54, 1.807) is 43.5 Å². The summed E-state index contributed by atoms with van der Waals surface area (Å²) in [5.74, 6) is 0.373. The van der Waals surface area contributed by atoms with Crippen molar-refractivity contribution in [1.29, 1.82) is 0 Å². The molecule has 0 saturated carbocycles. The second-order valence-electron chi connectivity index (χ2n) is 8.27. The maximum atomic E-state index is 13.3. The number of carbonyl (C=O) groups is 2. The molecule has 192 valence electrons. The average Bonchev–Trinajstić information content (AvgIpc) is 3.14. The van der Waals surface area contributed by atoms with Crippen LogP contribution in [0.1, 0.15) is 37.4 Å². The number of likely N-dealkylation sites (tertiary alicyclic amines) is 1. The van der Waals surface area contributed by atoms with Crippen LogP contribution in [0.4, 0.5) is 0 Å². The van der Waals surface area contributed by atoms with Gasteiger partial charge in [0.05, 0.1) is 24.8 Å². The number of aliphatic hydroxyl groups excluding tert-OH is 1. The molecule has 9 heteroatoms. The summed E-state index contributed by atoms with van der Waals surface area (Å²) in [6.45, 7) is 6.12. The Labute approximate surface area is 210 Å². The van der Waals surface area contributed by atoms with Crippen LogP contribution in [0.25, 0.3) is 5.76 Å². The number of benzene rings is 2. The molecule has 9 nitrogen and oxygen atoms in total. The fourth-order valence-electron chi connectivity index (χ4n) is 4.42. The van der Waals surface area contributed by atoms with Crippen molar-refractivity contribution < 1.29 is 38.4 Å². The van der Waals surface area contributed by atoms with Crippen molar-refractivity contribution in [3.63, 3.8) is 0 Å². The number of ketones is 1. The first-order valence-electron chi connectivity index (χ1n) is 12.1. The lowest BCUT2D eigenvalue weighted by atomic mass is 9.94. The van der Waals surface area contributed by atoms with E-state index in [0.29, 0.717) is 73.6 Å². The zero-order valence-corrected chi connectivity index (χ0v) is 20.7. The second kappa shape index (κ2) is 11.3. The molecule has 1 amide bonds. The Morgan fingerprint density at radius 1 is 1.00 bits per heavy atom. The lowest BCUT2D eigenvalue weighted by molar-refractivity contribution is -0.140. The van der Waals surface area contributed by atoms with Crippen LogP contribution in [-0.2, 0) is 14.3 Å². The summed E-state index contributed by atoms with van der Waals surface area (Å²) >= 11 is 0. The Bertz CT molecular complexity index is 1160. The van der Waals surface area contributed by atoms with E-state index in [1.807, 2.05) is 13.8 Å². The third-order valence-electron chi connectivity index (χ3n) is 5.99. The SMILES string of the molecule is CCOc1ccc([C@@H]2C(=C(O)c3ccc4c(c3)OCCO4)C(=O)C(=O)N2CCCOC)cc1OCC. The molecule has 0 aliphatic carbocycles. The zero-order chi connectivity index (χ0) is 25.7. The van der Waals surface area contributed by atoms with E-state index in [2.05, 4.69) is 0 Å². The van der Waals surface area contributed by atoms with Gasteiger partial charge in [0.25, 0.3) is 11.7 Å². The highest BCUT2D eigenvalue weighted by molar-refractivity contribution is 6.46. The molecule has 2 aliphatic heterocycles. The van der Waals surface area contributed by atoms with E-state index in [9.17, 15) is 14.7 Å². The number of Topliss-reactive ketones (excluding diaryl/α,β-unsaturated/α-hetero) is 1. The lowest BCUT2D eigenvalue weighted by Gasteiger charge is -2.26. The van der Waals surface area contributed by atoms with Crippen molar-refractivity contribution in [2.45, 2.75) is 26.3 Å². The van der Waals surface area contributed by atoms with E-state index in [4.69, 9.17) is 23.7 Å². The number of amides is 1. The predicted octanol–water partition coefficient (Wildman–Crippen LogP) is 3.71. The molecule has 0 spiro atoms. The Morgan fingerprint density at radius 3 is 2.44 bits per heavy atom. The number of ether oxygens (including phenoxy) is 5. The molecule has 1 N–H and O–H groups in total. The van der Waals surface area contributed by atoms with Gasteiger partial charge in [-0.25, -0.2) is 0 Å². The molecule has 0 bridgehead atoms. The maximum Gasteiger partial charge on any atom is 0.295 e. The number of methoxy groups -OCH3 is 1. The number of hydrogen-bond donors (Lipinski definition) is 1. The molecule has 1 saturated heterocycles. The fourth-order valence-corrected chi connectivity index (χ4v) is 4.42. The minimum absolute atomic E-state index is 0.000651. The van der Waals surface area contributed by atoms with Gasteiger partial charge in [-0.3, -0.25) is 9.59 Å². The van der Waals surface area contributed by atoms with Gasteiger partial charge in [-0.2, -0.15) is 0 Å². The van der Waals surface area contributed by atoms with Crippen molar-refractivity contribution in [2.24, 2.45) is 0 Å². The number of fused-ring (bicyclic) bond motifs is 1. The van der Waals surface area contributed by atoms with Crippen molar-refractivity contribution >= 4 is 17.4 Å². The minimum atomic E-state index is -0.815. The molecule has 0 aromatic heterocycles. The highest BCUT2D eigenvalue weighted by atomic mass is 16.6. The third kappa shape index (κ3) is 4.97. The molecule has 36 heavy (non-hydrogen) atoms. The maximum absolute atomic E-state index is 13.3. The summed E-state index contributed by atoms with van der Waals surface area (Å²) in [7, 11) is 1.58. The third-order valence-corrected chi connectivity index (χ3v) is 5.99. The Balaban J connectivity index is 1.82. The number of hydrogen-bond acceptors (Lipinski definition) is 8. The first kappa shape index (κ1) is 25.4. The molecular weight excluding hydrogens is 466 g/mol. The monoisotopic (exact) mass is 497 g/mol. The van der Waals surface area contributed by atoms with E-state index < -0.39 is 17.7 Å². The molecular formula is C27H31NO8. The van der Waals surface area contributed by atoms with E-state index >= 15 is 0 Å². The molecule has 2 aromatic carbocycles. The average molecular weight is 498 g/mol. The summed E-state index contributed by atoms with van der Waals surface area (Å²) in [5, 5.41) is 11.3. The van der Waals surface area contributed by atoms with Gasteiger partial charge >= 0.3 is 0 Å². The van der Waals surface area contributed by atoms with E-state index in [1.165, 1.54) is 4.90 Å². The highest BCUT2D eigenvalue weighted by Gasteiger charge is 2.46. The largest absolute Gasteiger partial charge is 0.507 e. The van der Waals surface area contributed by atoms with Gasteiger partial charge in [0.1, 0.15) is 19.0 Å². The Morgan fingerprint density at radius 2 is 1.72 bits per heavy atom. The van der Waals surface area contributed by atoms with Crippen LogP contribution in [0.5, 0.6) is 23.0 Å². The van der Waals surface area contributed by atoms with Gasteiger partial charge in [0, 0.05) is 25.8 Å². The lowest BCUT2D eigenvalue weighted by Crippen LogP contribution is -2.31. The standard InChI is InChI=1S/C27H31NO8/c1-4-33-19-9-7-17(15-21(19)34-5-2)24-23(26(30)27(31)28(24)11-6-12-32-3)25(29)18-8-10-20-22(16-18)36-14-13-35-20/h7-10,15-16,24,29H,4-6,11-14H2,1-3H3/t24-/m1/s1. The molecule has 2 aromatic rings. The van der Waals surface area contributed by atoms with Crippen molar-refractivity contribution in [2.75, 3.05) is 46.7 Å². The normalized spacial score (nSPS) is 18.4. The highest BCUT2D eigenvalue weighted by Crippen LogP contribution is 2.43. The van der Waals surface area contributed by atoms with E-state index in [0.717, 1.165) is 0 Å². The summed E-state index contributed by atoms with van der Waals surface area (Å²) in [5.41, 5.74) is 0.980. The Kier molecular flexibility index (Phi) is 8.00. The van der Waals surface area contributed by atoms with Crippen LogP contribution >= 0.6 is 0 Å². The molecule has 0 radical (unpaired) electrons. The van der Waals surface area contributed by atoms with Gasteiger partial charge in [-0.15, -0.1) is 0 Å². The molecule has 1 atom stereocenters. The summed E-state index contributed by atoms with van der Waals surface area (Å²) < 4.78 is 27.8. The molecule has 2 heterocycles. The van der Waals surface area contributed by atoms with Crippen LogP contribution in [-0.4, -0.2) is 68.4 Å². The number of rotatable bonds is 10. The van der Waals surface area contributed by atoms with Crippen LogP contribution in [0.3, 0.4) is 0 Å². The molecule has 4 rings (SSSR count). The summed E-state index contributed by atoms with van der Waals surface area (Å²) in [6, 6.07) is 9.41. The zero-order valence-electron chi connectivity index (χ0n) is 20.7. The predicted molar refractivity (Wildman–Crippen MR) is 132 cm³/mol. The Hall–Kier alpha value is -3.72. The van der Waals surface area contributed by atoms with Crippen LogP contribution in [0.15, 0.2) is 42.0 Å². The van der Waals surface area contributed by atoms with E-state index in [-0.39, 0.29) is 17.9 Å². The summed E-state index contributed by atoms with van der Waals surface area (Å²) in [6.07, 6.45) is 0.527. The van der Waals surface area contributed by atoms with Gasteiger partial charge in [0.15, 0.2) is 23.0 Å². The van der Waals surface area contributed by atoms with Crippen molar-refractivity contribution in [1.82, 2.24) is 4.90 Å². The van der Waals surface area contributed by atoms with Crippen LogP contribution < -0.4 is 18.9 Å². The van der Waals surface area contributed by atoms with Gasteiger partial charge in [0.2, 0.25) is 0 Å². The van der Waals surface area contributed by atoms with Crippen molar-refractivity contribution in [3.05, 3.63) is 53.1 Å². The van der Waals surface area contributed by atoms with Gasteiger partial charge in [-0.1, -0.05) is 6.07 Å². The van der Waals surface area contributed by atoms with Gasteiger partial charge < -0.3 is 33.7 Å². The number of nitrogens with zero attached hydrogens (tertiary/aromatic N) is 1. The molecule has 0 unspecified atom stereocenters. The number of aliphatic hydroxyl groups is 1. The molecule has 2 aliphatic rings. The summed E-state index contributed by atoms with van der Waals surface area (Å²) in [4.78, 5) is 27.9. The fraction of sp³-hybridized carbons (Fsp3) is 0.407. The quantitative estimate of drug-likeness (QED) is 0.229. The van der Waals surface area contributed by atoms with Crippen LogP contribution in [0.2, 0.25) is 0 Å². The van der Waals surface area contributed by atoms with Crippen molar-refractivity contribution in [3.8, 4) is 23.0 Å². The second-order valence-corrected chi connectivity index (χ2v) is 8.27. The number of carbonyl (C=O) groups excluding carboxylic acids is 2. The minimum Gasteiger partial charge on any atom is -0.507 e. The van der Waals surface area contributed by atoms with Crippen LogP contribution in [0, 0.1) is 0 Å². The first-order valence-corrected chi connectivity index (χ1v) is 12.1. The topological polar surface area (TPSA) is 104 Å².